The molecule has 2 nitrogen and oxygen atoms in total. The molecule has 0 unspecified atom stereocenters. The molecule has 1 aliphatic carbocycles. The quantitative estimate of drug-likeness (QED) is 0.572. The van der Waals surface area contributed by atoms with Gasteiger partial charge in [-0.15, -0.1) is 0 Å². The summed E-state index contributed by atoms with van der Waals surface area (Å²) in [6.45, 7) is 1.92. The van der Waals surface area contributed by atoms with Gasteiger partial charge in [-0.3, -0.25) is 0 Å². The van der Waals surface area contributed by atoms with Crippen LogP contribution in [0.1, 0.15) is 13.3 Å². The Morgan fingerprint density at radius 2 is 2.33 bits per heavy atom. The van der Waals surface area contributed by atoms with Gasteiger partial charge >= 0.3 is 5.97 Å². The highest BCUT2D eigenvalue weighted by Crippen LogP contribution is 2.17. The fraction of sp³-hybridized carbons (Fsp3) is 0.286. The van der Waals surface area contributed by atoms with Crippen molar-refractivity contribution in [1.29, 1.82) is 0 Å². The van der Waals surface area contributed by atoms with Crippen LogP contribution in [0, 0.1) is 0 Å². The zero-order valence-corrected chi connectivity index (χ0v) is 5.22. The lowest BCUT2D eigenvalue weighted by molar-refractivity contribution is -0.132. The molecular formula is C7H8O2. The normalized spacial score (nSPS) is 17.0. The van der Waals surface area contributed by atoms with Gasteiger partial charge in [-0.05, 0) is 6.92 Å². The Kier molecular flexibility index (Phi) is 1.39. The second-order valence-corrected chi connectivity index (χ2v) is 2.19. The monoisotopic (exact) mass is 124 g/mol. The number of carbonyl (C=O) groups is 1. The number of allylic oxidation sites excluding steroid dienone is 3. The van der Waals surface area contributed by atoms with Crippen molar-refractivity contribution in [2.24, 2.45) is 0 Å². The number of hydrogen-bond acceptors (Lipinski definition) is 1. The van der Waals surface area contributed by atoms with E-state index in [9.17, 15) is 4.79 Å². The molecule has 1 aliphatic rings. The Morgan fingerprint density at radius 1 is 1.67 bits per heavy atom. The number of aliphatic carboxylic acids is 1. The van der Waals surface area contributed by atoms with E-state index in [1.165, 1.54) is 0 Å². The van der Waals surface area contributed by atoms with Crippen LogP contribution < -0.4 is 0 Å². The molecule has 0 bridgehead atoms. The lowest BCUT2D eigenvalue weighted by Gasteiger charge is -1.91. The summed E-state index contributed by atoms with van der Waals surface area (Å²) in [5.74, 6) is -0.803. The first-order valence-electron chi connectivity index (χ1n) is 2.80. The molecule has 2 heteroatoms. The zero-order chi connectivity index (χ0) is 6.85. The van der Waals surface area contributed by atoms with Crippen molar-refractivity contribution in [1.82, 2.24) is 0 Å². The molecular weight excluding hydrogens is 116 g/mol. The molecule has 1 N–H and O–H groups in total. The van der Waals surface area contributed by atoms with E-state index < -0.39 is 5.97 Å². The first-order valence-corrected chi connectivity index (χ1v) is 2.80. The first kappa shape index (κ1) is 6.08. The SMILES string of the molecule is CC1=CC=C(C(=O)O)C1. The Morgan fingerprint density at radius 3 is 2.56 bits per heavy atom. The molecule has 0 saturated heterocycles. The van der Waals surface area contributed by atoms with E-state index in [0.29, 0.717) is 12.0 Å². The minimum Gasteiger partial charge on any atom is -0.478 e. The topological polar surface area (TPSA) is 37.3 Å². The molecule has 1 rings (SSSR count). The van der Waals surface area contributed by atoms with Gasteiger partial charge in [0.05, 0.1) is 0 Å². The van der Waals surface area contributed by atoms with Crippen LogP contribution in [0.2, 0.25) is 0 Å². The molecule has 0 aromatic rings. The number of carboxylic acids is 1. The summed E-state index contributed by atoms with van der Waals surface area (Å²) in [5.41, 5.74) is 1.61. The molecule has 0 amide bonds. The molecule has 0 heterocycles. The maximum atomic E-state index is 10.2. The van der Waals surface area contributed by atoms with Crippen LogP contribution in [0.4, 0.5) is 0 Å². The fourth-order valence-electron chi connectivity index (χ4n) is 0.808. The third-order valence-corrected chi connectivity index (χ3v) is 1.31. The smallest absolute Gasteiger partial charge is 0.331 e. The third-order valence-electron chi connectivity index (χ3n) is 1.31. The van der Waals surface area contributed by atoms with Gasteiger partial charge < -0.3 is 5.11 Å². The van der Waals surface area contributed by atoms with Crippen LogP contribution >= 0.6 is 0 Å². The van der Waals surface area contributed by atoms with E-state index in [1.807, 2.05) is 13.0 Å². The van der Waals surface area contributed by atoms with Crippen LogP contribution in [-0.4, -0.2) is 11.1 Å². The standard InChI is InChI=1S/C7H8O2/c1-5-2-3-6(4-5)7(8)9/h2-3H,4H2,1H3,(H,8,9). The summed E-state index contributed by atoms with van der Waals surface area (Å²) in [4.78, 5) is 10.2. The van der Waals surface area contributed by atoms with Crippen molar-refractivity contribution >= 4 is 5.97 Å². The summed E-state index contributed by atoms with van der Waals surface area (Å²) in [5, 5.41) is 8.43. The number of rotatable bonds is 1. The van der Waals surface area contributed by atoms with E-state index in [-0.39, 0.29) is 0 Å². The van der Waals surface area contributed by atoms with E-state index in [0.717, 1.165) is 5.57 Å². The molecule has 0 aromatic carbocycles. The van der Waals surface area contributed by atoms with Crippen LogP contribution in [0.25, 0.3) is 0 Å². The minimum absolute atomic E-state index is 0.493. The van der Waals surface area contributed by atoms with Crippen molar-refractivity contribution in [2.75, 3.05) is 0 Å². The highest BCUT2D eigenvalue weighted by atomic mass is 16.4. The second-order valence-electron chi connectivity index (χ2n) is 2.19. The van der Waals surface area contributed by atoms with Crippen molar-refractivity contribution in [3.8, 4) is 0 Å². The molecule has 0 aromatic heterocycles. The summed E-state index contributed by atoms with van der Waals surface area (Å²) in [6.07, 6.45) is 4.09. The molecule has 48 valence electrons. The van der Waals surface area contributed by atoms with Crippen molar-refractivity contribution in [2.45, 2.75) is 13.3 Å². The maximum Gasteiger partial charge on any atom is 0.331 e. The van der Waals surface area contributed by atoms with Crippen LogP contribution in [-0.2, 0) is 4.79 Å². The van der Waals surface area contributed by atoms with Gasteiger partial charge in [0.1, 0.15) is 0 Å². The maximum absolute atomic E-state index is 10.2. The summed E-state index contributed by atoms with van der Waals surface area (Å²) in [6, 6.07) is 0. The summed E-state index contributed by atoms with van der Waals surface area (Å²) < 4.78 is 0. The minimum atomic E-state index is -0.803. The molecule has 0 saturated carbocycles. The van der Waals surface area contributed by atoms with Gasteiger partial charge in [-0.1, -0.05) is 17.7 Å². The second kappa shape index (κ2) is 2.05. The molecule has 0 aliphatic heterocycles. The molecule has 9 heavy (non-hydrogen) atoms. The van der Waals surface area contributed by atoms with Gasteiger partial charge in [0.15, 0.2) is 0 Å². The van der Waals surface area contributed by atoms with Crippen LogP contribution in [0.3, 0.4) is 0 Å². The zero-order valence-electron chi connectivity index (χ0n) is 5.22. The Labute approximate surface area is 53.5 Å². The third kappa shape index (κ3) is 1.19. The Balaban J connectivity index is 2.64. The van der Waals surface area contributed by atoms with Crippen molar-refractivity contribution in [3.63, 3.8) is 0 Å². The van der Waals surface area contributed by atoms with E-state index in [4.69, 9.17) is 5.11 Å². The van der Waals surface area contributed by atoms with Crippen molar-refractivity contribution in [3.05, 3.63) is 23.3 Å². The Hall–Kier alpha value is -1.05. The van der Waals surface area contributed by atoms with E-state index in [1.54, 1.807) is 6.08 Å². The molecule has 0 spiro atoms. The summed E-state index contributed by atoms with van der Waals surface area (Å²) >= 11 is 0. The summed E-state index contributed by atoms with van der Waals surface area (Å²) in [7, 11) is 0. The van der Waals surface area contributed by atoms with Gasteiger partial charge in [0, 0.05) is 12.0 Å². The Bertz CT molecular complexity index is 199. The molecule has 0 radical (unpaired) electrons. The highest BCUT2D eigenvalue weighted by Gasteiger charge is 2.10. The van der Waals surface area contributed by atoms with Gasteiger partial charge in [-0.25, -0.2) is 4.79 Å². The van der Waals surface area contributed by atoms with Gasteiger partial charge in [0.2, 0.25) is 0 Å². The van der Waals surface area contributed by atoms with E-state index in [2.05, 4.69) is 0 Å². The lowest BCUT2D eigenvalue weighted by Crippen LogP contribution is -1.97. The van der Waals surface area contributed by atoms with Gasteiger partial charge in [0.25, 0.3) is 0 Å². The predicted octanol–water partition coefficient (Wildman–Crippen LogP) is 1.35. The lowest BCUT2D eigenvalue weighted by atomic mass is 10.2. The molecule has 0 fully saturated rings. The first-order chi connectivity index (χ1) is 4.20. The van der Waals surface area contributed by atoms with Gasteiger partial charge in [-0.2, -0.15) is 0 Å². The largest absolute Gasteiger partial charge is 0.478 e. The number of carboxylic acid groups (broad SMARTS) is 1. The number of hydrogen-bond donors (Lipinski definition) is 1. The molecule has 0 atom stereocenters. The average Bonchev–Trinajstić information content (AvgIpc) is 2.14. The van der Waals surface area contributed by atoms with Crippen LogP contribution in [0.15, 0.2) is 23.3 Å². The van der Waals surface area contributed by atoms with Crippen molar-refractivity contribution < 1.29 is 9.90 Å². The average molecular weight is 124 g/mol. The highest BCUT2D eigenvalue weighted by molar-refractivity contribution is 5.88. The van der Waals surface area contributed by atoms with E-state index >= 15 is 0 Å². The predicted molar refractivity (Wildman–Crippen MR) is 34.1 cm³/mol. The van der Waals surface area contributed by atoms with Crippen LogP contribution in [0.5, 0.6) is 0 Å². The fourth-order valence-corrected chi connectivity index (χ4v) is 0.808.